The fourth-order valence-corrected chi connectivity index (χ4v) is 5.45. The van der Waals surface area contributed by atoms with E-state index in [2.05, 4.69) is 50.5 Å². The molecule has 172 valence electrons. The summed E-state index contributed by atoms with van der Waals surface area (Å²) in [5.41, 5.74) is 1.41. The van der Waals surface area contributed by atoms with Gasteiger partial charge in [0.05, 0.1) is 24.8 Å². The number of piperidine rings is 2. The molecule has 3 aliphatic rings. The number of nitrogens with zero attached hydrogens (tertiary/aromatic N) is 4. The number of nitrogens with one attached hydrogen (secondary N) is 1. The molecule has 1 atom stereocenters. The van der Waals surface area contributed by atoms with Crippen LogP contribution in [0, 0.1) is 5.92 Å². The van der Waals surface area contributed by atoms with E-state index < -0.39 is 0 Å². The number of anilines is 1. The molecule has 5 rings (SSSR count). The summed E-state index contributed by atoms with van der Waals surface area (Å²) in [4.78, 5) is 17.8. The quantitative estimate of drug-likeness (QED) is 0.752. The molecule has 0 unspecified atom stereocenters. The highest BCUT2D eigenvalue weighted by atomic mass is 16.5. The molecular weight excluding hydrogens is 402 g/mol. The van der Waals surface area contributed by atoms with Gasteiger partial charge in [-0.15, -0.1) is 0 Å². The first-order valence-corrected chi connectivity index (χ1v) is 12.2. The standard InChI is InChI=1S/C25H35N5O2/c31-25(21-11-17-32-19-21)27-24-6-12-26-30(24)23-9-15-29(16-10-23)22-7-13-28(14-8-22)18-20-4-2-1-3-5-20/h1-6,12,21-23H,7-11,13-19H2,(H,27,31)/t21-/m1/s1. The van der Waals surface area contributed by atoms with E-state index in [1.54, 1.807) is 6.20 Å². The van der Waals surface area contributed by atoms with Gasteiger partial charge in [-0.2, -0.15) is 5.10 Å². The second-order valence-corrected chi connectivity index (χ2v) is 9.47. The third kappa shape index (κ3) is 5.05. The third-order valence-corrected chi connectivity index (χ3v) is 7.39. The van der Waals surface area contributed by atoms with E-state index in [1.165, 1.54) is 31.5 Å². The van der Waals surface area contributed by atoms with E-state index in [0.717, 1.165) is 44.7 Å². The zero-order chi connectivity index (χ0) is 21.8. The Labute approximate surface area is 190 Å². The number of amides is 1. The monoisotopic (exact) mass is 437 g/mol. The van der Waals surface area contributed by atoms with Crippen LogP contribution in [0.5, 0.6) is 0 Å². The molecule has 3 aliphatic heterocycles. The van der Waals surface area contributed by atoms with Crippen LogP contribution in [0.4, 0.5) is 5.82 Å². The Hall–Kier alpha value is -2.22. The average Bonchev–Trinajstić information content (AvgIpc) is 3.53. The normalized spacial score (nSPS) is 24.1. The maximum absolute atomic E-state index is 12.5. The van der Waals surface area contributed by atoms with Crippen molar-refractivity contribution < 1.29 is 9.53 Å². The van der Waals surface area contributed by atoms with Crippen LogP contribution in [0.3, 0.4) is 0 Å². The second-order valence-electron chi connectivity index (χ2n) is 9.47. The molecule has 1 N–H and O–H groups in total. The number of hydrogen-bond donors (Lipinski definition) is 1. The number of rotatable bonds is 6. The van der Waals surface area contributed by atoms with Crippen LogP contribution >= 0.6 is 0 Å². The summed E-state index contributed by atoms with van der Waals surface area (Å²) in [6.07, 6.45) is 7.29. The van der Waals surface area contributed by atoms with E-state index in [4.69, 9.17) is 4.74 Å². The number of ether oxygens (including phenoxy) is 1. The van der Waals surface area contributed by atoms with E-state index in [-0.39, 0.29) is 11.8 Å². The summed E-state index contributed by atoms with van der Waals surface area (Å²) in [7, 11) is 0. The van der Waals surface area contributed by atoms with E-state index in [0.29, 0.717) is 25.3 Å². The fraction of sp³-hybridized carbons (Fsp3) is 0.600. The molecule has 0 bridgehead atoms. The molecule has 1 amide bonds. The van der Waals surface area contributed by atoms with Crippen LogP contribution in [0.15, 0.2) is 42.6 Å². The molecular formula is C25H35N5O2. The molecule has 3 saturated heterocycles. The maximum Gasteiger partial charge on any atom is 0.231 e. The van der Waals surface area contributed by atoms with Crippen molar-refractivity contribution in [2.45, 2.75) is 50.7 Å². The molecule has 7 nitrogen and oxygen atoms in total. The molecule has 0 radical (unpaired) electrons. The minimum atomic E-state index is -0.0343. The third-order valence-electron chi connectivity index (χ3n) is 7.39. The van der Waals surface area contributed by atoms with Crippen LogP contribution < -0.4 is 5.32 Å². The van der Waals surface area contributed by atoms with Gasteiger partial charge in [0.1, 0.15) is 5.82 Å². The van der Waals surface area contributed by atoms with Crippen LogP contribution in [0.1, 0.15) is 43.7 Å². The van der Waals surface area contributed by atoms with Gasteiger partial charge in [-0.05, 0) is 50.8 Å². The Morgan fingerprint density at radius 3 is 2.44 bits per heavy atom. The number of carbonyl (C=O) groups is 1. The summed E-state index contributed by atoms with van der Waals surface area (Å²) in [6, 6.07) is 13.8. The molecule has 2 aromatic rings. The molecule has 7 heteroatoms. The fourth-order valence-electron chi connectivity index (χ4n) is 5.45. The van der Waals surface area contributed by atoms with Gasteiger partial charge in [0, 0.05) is 38.3 Å². The molecule has 0 aliphatic carbocycles. The minimum absolute atomic E-state index is 0.0343. The van der Waals surface area contributed by atoms with Crippen molar-refractivity contribution in [1.82, 2.24) is 19.6 Å². The first kappa shape index (κ1) is 21.6. The smallest absolute Gasteiger partial charge is 0.231 e. The Bertz CT molecular complexity index is 863. The van der Waals surface area contributed by atoms with Crippen LogP contribution in [-0.4, -0.2) is 70.9 Å². The highest BCUT2D eigenvalue weighted by Gasteiger charge is 2.30. The van der Waals surface area contributed by atoms with Gasteiger partial charge in [0.2, 0.25) is 5.91 Å². The van der Waals surface area contributed by atoms with E-state index in [1.807, 2.05) is 10.7 Å². The number of carbonyl (C=O) groups excluding carboxylic acids is 1. The largest absolute Gasteiger partial charge is 0.381 e. The van der Waals surface area contributed by atoms with E-state index >= 15 is 0 Å². The molecule has 3 fully saturated rings. The van der Waals surface area contributed by atoms with Gasteiger partial charge in [-0.3, -0.25) is 9.69 Å². The summed E-state index contributed by atoms with van der Waals surface area (Å²) in [6.45, 7) is 6.86. The van der Waals surface area contributed by atoms with Crippen molar-refractivity contribution in [2.75, 3.05) is 44.7 Å². The zero-order valence-corrected chi connectivity index (χ0v) is 18.9. The summed E-state index contributed by atoms with van der Waals surface area (Å²) >= 11 is 0. The van der Waals surface area contributed by atoms with Gasteiger partial charge in [0.15, 0.2) is 0 Å². The maximum atomic E-state index is 12.5. The summed E-state index contributed by atoms with van der Waals surface area (Å²) < 4.78 is 7.39. The summed E-state index contributed by atoms with van der Waals surface area (Å²) in [5.74, 6) is 0.853. The Morgan fingerprint density at radius 2 is 1.72 bits per heavy atom. The lowest BCUT2D eigenvalue weighted by Gasteiger charge is -2.42. The van der Waals surface area contributed by atoms with Crippen molar-refractivity contribution in [2.24, 2.45) is 5.92 Å². The van der Waals surface area contributed by atoms with E-state index in [9.17, 15) is 4.79 Å². The van der Waals surface area contributed by atoms with Gasteiger partial charge in [0.25, 0.3) is 0 Å². The number of hydrogen-bond acceptors (Lipinski definition) is 5. The predicted molar refractivity (Wildman–Crippen MR) is 124 cm³/mol. The van der Waals surface area contributed by atoms with Crippen molar-refractivity contribution in [3.8, 4) is 0 Å². The number of aromatic nitrogens is 2. The Balaban J connectivity index is 1.09. The topological polar surface area (TPSA) is 62.6 Å². The lowest BCUT2D eigenvalue weighted by Crippen LogP contribution is -2.47. The molecule has 1 aromatic carbocycles. The van der Waals surface area contributed by atoms with Crippen molar-refractivity contribution in [1.29, 1.82) is 0 Å². The molecule has 32 heavy (non-hydrogen) atoms. The minimum Gasteiger partial charge on any atom is -0.381 e. The molecule has 1 aromatic heterocycles. The highest BCUT2D eigenvalue weighted by molar-refractivity contribution is 5.92. The van der Waals surface area contributed by atoms with Crippen LogP contribution in [-0.2, 0) is 16.1 Å². The van der Waals surface area contributed by atoms with Crippen molar-refractivity contribution in [3.05, 3.63) is 48.2 Å². The number of likely N-dealkylation sites (tertiary alicyclic amines) is 2. The van der Waals surface area contributed by atoms with Gasteiger partial charge < -0.3 is 15.0 Å². The first-order valence-electron chi connectivity index (χ1n) is 12.2. The Kier molecular flexibility index (Phi) is 6.86. The first-order chi connectivity index (χ1) is 15.8. The lowest BCUT2D eigenvalue weighted by molar-refractivity contribution is -0.119. The average molecular weight is 438 g/mol. The molecule has 4 heterocycles. The highest BCUT2D eigenvalue weighted by Crippen LogP contribution is 2.29. The SMILES string of the molecule is O=C(Nc1ccnn1C1CCN(C2CCN(Cc3ccccc3)CC2)CC1)[C@@H]1CCOC1. The zero-order valence-electron chi connectivity index (χ0n) is 18.9. The van der Waals surface area contributed by atoms with Crippen LogP contribution in [0.25, 0.3) is 0 Å². The van der Waals surface area contributed by atoms with Gasteiger partial charge in [-0.25, -0.2) is 4.68 Å². The Morgan fingerprint density at radius 1 is 0.969 bits per heavy atom. The van der Waals surface area contributed by atoms with Crippen molar-refractivity contribution >= 4 is 11.7 Å². The molecule has 0 spiro atoms. The van der Waals surface area contributed by atoms with Gasteiger partial charge >= 0.3 is 0 Å². The van der Waals surface area contributed by atoms with Gasteiger partial charge in [-0.1, -0.05) is 30.3 Å². The number of benzene rings is 1. The lowest BCUT2D eigenvalue weighted by atomic mass is 9.97. The van der Waals surface area contributed by atoms with Crippen LogP contribution in [0.2, 0.25) is 0 Å². The van der Waals surface area contributed by atoms with Crippen molar-refractivity contribution in [3.63, 3.8) is 0 Å². The predicted octanol–water partition coefficient (Wildman–Crippen LogP) is 3.16. The second kappa shape index (κ2) is 10.1. The molecule has 0 saturated carbocycles. The summed E-state index contributed by atoms with van der Waals surface area (Å²) in [5, 5.41) is 7.64.